The lowest BCUT2D eigenvalue weighted by molar-refractivity contribution is 1.62. The molecule has 5 aromatic rings. The Morgan fingerprint density at radius 1 is 0.367 bits per heavy atom. The van der Waals surface area contributed by atoms with Crippen LogP contribution in [-0.2, 0) is 0 Å². The summed E-state index contributed by atoms with van der Waals surface area (Å²) in [6, 6.07) is 38.5. The second kappa shape index (κ2) is 8.23. The Morgan fingerprint density at radius 3 is 1.53 bits per heavy atom. The fraction of sp³-hybridized carbons (Fsp3) is 0. The first kappa shape index (κ1) is 18.1. The second-order valence-corrected chi connectivity index (χ2v) is 7.48. The summed E-state index contributed by atoms with van der Waals surface area (Å²) < 4.78 is 0. The Balaban J connectivity index is 1.52. The van der Waals surface area contributed by atoms with Gasteiger partial charge in [-0.1, -0.05) is 121 Å². The standard InChI is InChI=1S/C30H22/c1-2-9-23(10-3-1)17-18-24-11-8-12-25(21-24)19-20-30-28-15-6-4-13-26(28)22-27-14-5-7-16-29(27)30/h1-22H. The van der Waals surface area contributed by atoms with Crippen LogP contribution in [0.5, 0.6) is 0 Å². The zero-order valence-electron chi connectivity index (χ0n) is 16.7. The van der Waals surface area contributed by atoms with Crippen molar-refractivity contribution in [1.29, 1.82) is 0 Å². The molecule has 0 spiro atoms. The monoisotopic (exact) mass is 382 g/mol. The topological polar surface area (TPSA) is 0 Å². The molecule has 0 atom stereocenters. The molecule has 5 aromatic carbocycles. The van der Waals surface area contributed by atoms with Crippen LogP contribution in [0.15, 0.2) is 109 Å². The SMILES string of the molecule is C(=Cc1cccc(C=Cc2c3ccccc3cc3ccccc23)c1)c1ccccc1. The summed E-state index contributed by atoms with van der Waals surface area (Å²) >= 11 is 0. The fourth-order valence-electron chi connectivity index (χ4n) is 3.93. The van der Waals surface area contributed by atoms with E-state index in [1.165, 1.54) is 43.8 Å². The van der Waals surface area contributed by atoms with Gasteiger partial charge in [0.15, 0.2) is 0 Å². The van der Waals surface area contributed by atoms with E-state index in [1.807, 2.05) is 6.07 Å². The Labute approximate surface area is 177 Å². The van der Waals surface area contributed by atoms with E-state index in [9.17, 15) is 0 Å². The van der Waals surface area contributed by atoms with E-state index < -0.39 is 0 Å². The first-order chi connectivity index (χ1) is 14.9. The summed E-state index contributed by atoms with van der Waals surface area (Å²) in [5, 5.41) is 5.12. The second-order valence-electron chi connectivity index (χ2n) is 7.48. The van der Waals surface area contributed by atoms with E-state index in [0.29, 0.717) is 0 Å². The minimum atomic E-state index is 1.20. The molecule has 5 rings (SSSR count). The highest BCUT2D eigenvalue weighted by Crippen LogP contribution is 2.30. The van der Waals surface area contributed by atoms with Crippen molar-refractivity contribution in [3.05, 3.63) is 131 Å². The summed E-state index contributed by atoms with van der Waals surface area (Å²) in [6.07, 6.45) is 8.79. The molecule has 0 heteroatoms. The molecule has 0 saturated heterocycles. The maximum absolute atomic E-state index is 2.27. The summed E-state index contributed by atoms with van der Waals surface area (Å²) in [4.78, 5) is 0. The molecule has 0 N–H and O–H groups in total. The molecule has 0 heterocycles. The zero-order chi connectivity index (χ0) is 20.2. The molecule has 0 aliphatic heterocycles. The first-order valence-corrected chi connectivity index (χ1v) is 10.3. The van der Waals surface area contributed by atoms with Gasteiger partial charge >= 0.3 is 0 Å². The average molecular weight is 383 g/mol. The summed E-state index contributed by atoms with van der Waals surface area (Å²) in [6.45, 7) is 0. The van der Waals surface area contributed by atoms with E-state index in [-0.39, 0.29) is 0 Å². The molecule has 0 fully saturated rings. The maximum Gasteiger partial charge on any atom is -0.00992 e. The summed E-state index contributed by atoms with van der Waals surface area (Å²) in [5.41, 5.74) is 4.88. The molecule has 0 nitrogen and oxygen atoms in total. The van der Waals surface area contributed by atoms with Crippen LogP contribution >= 0.6 is 0 Å². The lowest BCUT2D eigenvalue weighted by atomic mass is 9.96. The van der Waals surface area contributed by atoms with Gasteiger partial charge in [-0.3, -0.25) is 0 Å². The average Bonchev–Trinajstić information content (AvgIpc) is 2.81. The molecule has 30 heavy (non-hydrogen) atoms. The summed E-state index contributed by atoms with van der Waals surface area (Å²) in [7, 11) is 0. The van der Waals surface area contributed by atoms with Gasteiger partial charge in [-0.15, -0.1) is 0 Å². The van der Waals surface area contributed by atoms with Crippen molar-refractivity contribution in [2.75, 3.05) is 0 Å². The van der Waals surface area contributed by atoms with Crippen molar-refractivity contribution in [2.24, 2.45) is 0 Å². The van der Waals surface area contributed by atoms with Crippen molar-refractivity contribution in [1.82, 2.24) is 0 Å². The van der Waals surface area contributed by atoms with Gasteiger partial charge in [-0.05, 0) is 55.9 Å². The maximum atomic E-state index is 2.27. The normalized spacial score (nSPS) is 11.7. The van der Waals surface area contributed by atoms with Crippen molar-refractivity contribution >= 4 is 45.8 Å². The van der Waals surface area contributed by atoms with Crippen molar-refractivity contribution < 1.29 is 0 Å². The van der Waals surface area contributed by atoms with Gasteiger partial charge in [0.1, 0.15) is 0 Å². The van der Waals surface area contributed by atoms with E-state index in [2.05, 4.69) is 127 Å². The van der Waals surface area contributed by atoms with Gasteiger partial charge in [0.2, 0.25) is 0 Å². The first-order valence-electron chi connectivity index (χ1n) is 10.3. The number of hydrogen-bond acceptors (Lipinski definition) is 0. The van der Waals surface area contributed by atoms with E-state index in [1.54, 1.807) is 0 Å². The highest BCUT2D eigenvalue weighted by atomic mass is 14.1. The third-order valence-electron chi connectivity index (χ3n) is 5.43. The van der Waals surface area contributed by atoms with E-state index in [4.69, 9.17) is 0 Å². The van der Waals surface area contributed by atoms with E-state index >= 15 is 0 Å². The van der Waals surface area contributed by atoms with Crippen molar-refractivity contribution in [2.45, 2.75) is 0 Å². The molecule has 0 unspecified atom stereocenters. The Bertz CT molecular complexity index is 1320. The smallest absolute Gasteiger partial charge is 0.00992 e. The van der Waals surface area contributed by atoms with Gasteiger partial charge < -0.3 is 0 Å². The molecule has 0 aliphatic rings. The number of rotatable bonds is 4. The van der Waals surface area contributed by atoms with Crippen LogP contribution in [0, 0.1) is 0 Å². The number of benzene rings is 5. The van der Waals surface area contributed by atoms with Crippen LogP contribution in [0.3, 0.4) is 0 Å². The molecular formula is C30H22. The molecular weight excluding hydrogens is 360 g/mol. The third kappa shape index (κ3) is 3.81. The molecule has 0 bridgehead atoms. The third-order valence-corrected chi connectivity index (χ3v) is 5.43. The van der Waals surface area contributed by atoms with Crippen LogP contribution in [0.1, 0.15) is 22.3 Å². The van der Waals surface area contributed by atoms with Crippen LogP contribution in [0.2, 0.25) is 0 Å². The highest BCUT2D eigenvalue weighted by Gasteiger charge is 2.04. The quantitative estimate of drug-likeness (QED) is 0.216. The molecule has 0 aromatic heterocycles. The van der Waals surface area contributed by atoms with Crippen molar-refractivity contribution in [3.63, 3.8) is 0 Å². The zero-order valence-corrected chi connectivity index (χ0v) is 16.7. The minimum absolute atomic E-state index is 1.20. The Kier molecular flexibility index (Phi) is 4.98. The largest absolute Gasteiger partial charge is 0.0622 e. The van der Waals surface area contributed by atoms with Crippen LogP contribution < -0.4 is 0 Å². The molecule has 142 valence electrons. The van der Waals surface area contributed by atoms with Crippen LogP contribution in [0.4, 0.5) is 0 Å². The van der Waals surface area contributed by atoms with Gasteiger partial charge in [-0.25, -0.2) is 0 Å². The van der Waals surface area contributed by atoms with Gasteiger partial charge in [-0.2, -0.15) is 0 Å². The van der Waals surface area contributed by atoms with Gasteiger partial charge in [0, 0.05) is 0 Å². The van der Waals surface area contributed by atoms with E-state index in [0.717, 1.165) is 0 Å². The molecule has 0 saturated carbocycles. The number of fused-ring (bicyclic) bond motifs is 2. The highest BCUT2D eigenvalue weighted by molar-refractivity contribution is 6.07. The number of hydrogen-bond donors (Lipinski definition) is 0. The molecule has 0 amide bonds. The van der Waals surface area contributed by atoms with Crippen LogP contribution in [-0.4, -0.2) is 0 Å². The molecule has 0 aliphatic carbocycles. The lowest BCUT2D eigenvalue weighted by Crippen LogP contribution is -1.83. The van der Waals surface area contributed by atoms with Crippen LogP contribution in [0.25, 0.3) is 45.8 Å². The predicted molar refractivity (Wildman–Crippen MR) is 132 cm³/mol. The molecule has 0 radical (unpaired) electrons. The fourth-order valence-corrected chi connectivity index (χ4v) is 3.93. The lowest BCUT2D eigenvalue weighted by Gasteiger charge is -2.08. The Hall–Kier alpha value is -3.90. The minimum Gasteiger partial charge on any atom is -0.0622 e. The summed E-state index contributed by atoms with van der Waals surface area (Å²) in [5.74, 6) is 0. The van der Waals surface area contributed by atoms with Gasteiger partial charge in [0.25, 0.3) is 0 Å². The van der Waals surface area contributed by atoms with Gasteiger partial charge in [0.05, 0.1) is 0 Å². The predicted octanol–water partition coefficient (Wildman–Crippen LogP) is 8.33. The van der Waals surface area contributed by atoms with Crippen molar-refractivity contribution in [3.8, 4) is 0 Å². The Morgan fingerprint density at radius 2 is 0.867 bits per heavy atom.